The summed E-state index contributed by atoms with van der Waals surface area (Å²) in [5, 5.41) is 13.1. The van der Waals surface area contributed by atoms with Crippen LogP contribution in [0, 0.1) is 6.92 Å². The van der Waals surface area contributed by atoms with Crippen molar-refractivity contribution >= 4 is 23.3 Å². The molecule has 0 spiro atoms. The Morgan fingerprint density at radius 3 is 2.35 bits per heavy atom. The minimum absolute atomic E-state index is 0.131. The summed E-state index contributed by atoms with van der Waals surface area (Å²) in [5.74, 6) is -4.61. The first-order chi connectivity index (χ1) is 15.7. The van der Waals surface area contributed by atoms with Crippen molar-refractivity contribution in [1.82, 2.24) is 19.6 Å². The summed E-state index contributed by atoms with van der Waals surface area (Å²) in [4.78, 5) is 28.7. The normalized spacial score (nSPS) is 11.5. The number of carboxylic acids is 1. The average Bonchev–Trinajstić information content (AvgIpc) is 3.16. The van der Waals surface area contributed by atoms with Crippen LogP contribution in [-0.2, 0) is 11.0 Å². The van der Waals surface area contributed by atoms with Gasteiger partial charge < -0.3 is 20.9 Å². The molecule has 0 aliphatic carbocycles. The number of alkyl halides is 6. The monoisotopic (exact) mass is 494 g/mol. The van der Waals surface area contributed by atoms with Crippen LogP contribution in [-0.4, -0.2) is 55.9 Å². The molecule has 184 valence electrons. The van der Waals surface area contributed by atoms with Gasteiger partial charge in [-0.15, -0.1) is 5.10 Å². The zero-order valence-electron chi connectivity index (χ0n) is 17.1. The second kappa shape index (κ2) is 10.3. The lowest BCUT2D eigenvalue weighted by Gasteiger charge is -2.09. The SMILES string of the molecule is Cc1cc(C(=O)Nc2cccc(OCCN)c2)n2nc(C(F)(F)F)nc2n1.O=C(O)C(F)(F)F. The largest absolute Gasteiger partial charge is 0.492 e. The van der Waals surface area contributed by atoms with E-state index in [0.29, 0.717) is 30.3 Å². The fraction of sp³-hybridized carbons (Fsp3) is 0.278. The van der Waals surface area contributed by atoms with Crippen LogP contribution in [0.4, 0.5) is 32.0 Å². The number of rotatable bonds is 5. The van der Waals surface area contributed by atoms with Crippen molar-refractivity contribution in [1.29, 1.82) is 0 Å². The van der Waals surface area contributed by atoms with Crippen LogP contribution < -0.4 is 15.8 Å². The Labute approximate surface area is 186 Å². The van der Waals surface area contributed by atoms with E-state index in [0.717, 1.165) is 4.52 Å². The Balaban J connectivity index is 0.000000509. The van der Waals surface area contributed by atoms with Gasteiger partial charge >= 0.3 is 18.3 Å². The average molecular weight is 494 g/mol. The third-order valence-electron chi connectivity index (χ3n) is 3.65. The van der Waals surface area contributed by atoms with Crippen molar-refractivity contribution in [3.8, 4) is 5.75 Å². The topological polar surface area (TPSA) is 145 Å². The smallest absolute Gasteiger partial charge is 0.490 e. The van der Waals surface area contributed by atoms with E-state index in [9.17, 15) is 31.1 Å². The molecule has 0 atom stereocenters. The maximum absolute atomic E-state index is 12.9. The van der Waals surface area contributed by atoms with E-state index >= 15 is 0 Å². The van der Waals surface area contributed by atoms with Crippen LogP contribution in [0.1, 0.15) is 22.0 Å². The first kappa shape index (κ1) is 26.3. The van der Waals surface area contributed by atoms with Crippen LogP contribution in [0.2, 0.25) is 0 Å². The molecule has 0 fully saturated rings. The number of carbonyl (C=O) groups is 2. The Morgan fingerprint density at radius 2 is 1.79 bits per heavy atom. The summed E-state index contributed by atoms with van der Waals surface area (Å²) in [6.45, 7) is 2.18. The summed E-state index contributed by atoms with van der Waals surface area (Å²) in [6.07, 6.45) is -9.83. The molecule has 0 saturated carbocycles. The van der Waals surface area contributed by atoms with Crippen molar-refractivity contribution < 1.29 is 45.8 Å². The molecule has 10 nitrogen and oxygen atoms in total. The number of nitrogens with two attached hydrogens (primary N) is 1. The standard InChI is InChI=1S/C16H15F3N6O2.C2HF3O2/c1-9-7-12(25-15(21-9)23-14(24-25)16(17,18)19)13(26)22-10-3-2-4-11(8-10)27-6-5-20;3-2(4,5)1(6)7/h2-4,7-8H,5-6,20H2,1H3,(H,22,26);(H,6,7). The zero-order chi connectivity index (χ0) is 25.7. The van der Waals surface area contributed by atoms with Gasteiger partial charge in [-0.2, -0.15) is 35.8 Å². The molecule has 1 amide bonds. The number of nitrogens with one attached hydrogen (secondary N) is 1. The van der Waals surface area contributed by atoms with E-state index in [1.54, 1.807) is 31.2 Å². The molecular formula is C18H16F6N6O4. The highest BCUT2D eigenvalue weighted by Crippen LogP contribution is 2.26. The summed E-state index contributed by atoms with van der Waals surface area (Å²) in [6, 6.07) is 7.85. The number of aryl methyl sites for hydroxylation is 1. The molecule has 2 heterocycles. The van der Waals surface area contributed by atoms with E-state index in [4.69, 9.17) is 20.4 Å². The number of benzene rings is 1. The zero-order valence-corrected chi connectivity index (χ0v) is 17.1. The molecule has 0 unspecified atom stereocenters. The van der Waals surface area contributed by atoms with E-state index < -0.39 is 30.1 Å². The Kier molecular flexibility index (Phi) is 7.99. The molecular weight excluding hydrogens is 478 g/mol. The highest BCUT2D eigenvalue weighted by Gasteiger charge is 2.38. The Hall–Kier alpha value is -3.95. The number of halogens is 6. The number of ether oxygens (including phenoxy) is 1. The van der Waals surface area contributed by atoms with Gasteiger partial charge in [-0.1, -0.05) is 6.07 Å². The van der Waals surface area contributed by atoms with Gasteiger partial charge in [-0.25, -0.2) is 9.78 Å². The summed E-state index contributed by atoms with van der Waals surface area (Å²) in [7, 11) is 0. The lowest BCUT2D eigenvalue weighted by Crippen LogP contribution is -2.21. The molecule has 16 heteroatoms. The Bertz CT molecular complexity index is 1180. The summed E-state index contributed by atoms with van der Waals surface area (Å²) >= 11 is 0. The van der Waals surface area contributed by atoms with E-state index in [2.05, 4.69) is 20.4 Å². The van der Waals surface area contributed by atoms with Crippen molar-refractivity contribution in [3.05, 3.63) is 47.5 Å². The number of amides is 1. The lowest BCUT2D eigenvalue weighted by molar-refractivity contribution is -0.192. The van der Waals surface area contributed by atoms with Crippen LogP contribution in [0.3, 0.4) is 0 Å². The molecule has 3 rings (SSSR count). The van der Waals surface area contributed by atoms with Gasteiger partial charge in [0.15, 0.2) is 0 Å². The lowest BCUT2D eigenvalue weighted by atomic mass is 10.2. The number of carbonyl (C=O) groups excluding carboxylic acids is 1. The number of anilines is 1. The van der Waals surface area contributed by atoms with Gasteiger partial charge in [-0.05, 0) is 25.1 Å². The fourth-order valence-corrected chi connectivity index (χ4v) is 2.30. The molecule has 2 aromatic heterocycles. The van der Waals surface area contributed by atoms with Crippen LogP contribution in [0.25, 0.3) is 5.78 Å². The number of carboxylic acid groups (broad SMARTS) is 1. The number of hydrogen-bond acceptors (Lipinski definition) is 7. The van der Waals surface area contributed by atoms with Crippen LogP contribution >= 0.6 is 0 Å². The van der Waals surface area contributed by atoms with Crippen molar-refractivity contribution in [2.75, 3.05) is 18.5 Å². The second-order valence-electron chi connectivity index (χ2n) is 6.35. The fourth-order valence-electron chi connectivity index (χ4n) is 2.30. The summed E-state index contributed by atoms with van der Waals surface area (Å²) < 4.78 is 76.5. The van der Waals surface area contributed by atoms with Crippen LogP contribution in [0.15, 0.2) is 30.3 Å². The molecule has 0 radical (unpaired) electrons. The van der Waals surface area contributed by atoms with Crippen molar-refractivity contribution in [2.45, 2.75) is 19.3 Å². The van der Waals surface area contributed by atoms with Gasteiger partial charge in [0.2, 0.25) is 0 Å². The first-order valence-corrected chi connectivity index (χ1v) is 9.08. The van der Waals surface area contributed by atoms with E-state index in [1.807, 2.05) is 0 Å². The molecule has 0 saturated heterocycles. The van der Waals surface area contributed by atoms with Crippen molar-refractivity contribution in [3.63, 3.8) is 0 Å². The quantitative estimate of drug-likeness (QED) is 0.459. The van der Waals surface area contributed by atoms with Gasteiger partial charge in [-0.3, -0.25) is 4.79 Å². The third-order valence-corrected chi connectivity index (χ3v) is 3.65. The molecule has 0 aliphatic rings. The number of fused-ring (bicyclic) bond motifs is 1. The molecule has 1 aromatic carbocycles. The van der Waals surface area contributed by atoms with E-state index in [-0.39, 0.29) is 11.5 Å². The molecule has 0 bridgehead atoms. The first-order valence-electron chi connectivity index (χ1n) is 9.08. The van der Waals surface area contributed by atoms with Crippen molar-refractivity contribution in [2.24, 2.45) is 5.73 Å². The van der Waals surface area contributed by atoms with Gasteiger partial charge in [0, 0.05) is 24.0 Å². The summed E-state index contributed by atoms with van der Waals surface area (Å²) in [5.41, 5.74) is 5.97. The second-order valence-corrected chi connectivity index (χ2v) is 6.35. The highest BCUT2D eigenvalue weighted by atomic mass is 19.4. The molecule has 3 aromatic rings. The predicted molar refractivity (Wildman–Crippen MR) is 103 cm³/mol. The van der Waals surface area contributed by atoms with Crippen LogP contribution in [0.5, 0.6) is 5.75 Å². The molecule has 4 N–H and O–H groups in total. The highest BCUT2D eigenvalue weighted by molar-refractivity contribution is 6.03. The minimum atomic E-state index is -5.08. The molecule has 0 aliphatic heterocycles. The number of aliphatic carboxylic acids is 1. The minimum Gasteiger partial charge on any atom is -0.492 e. The number of aromatic nitrogens is 4. The predicted octanol–water partition coefficient (Wildman–Crippen LogP) is 2.67. The van der Waals surface area contributed by atoms with Gasteiger partial charge in [0.25, 0.3) is 17.5 Å². The molecule has 34 heavy (non-hydrogen) atoms. The van der Waals surface area contributed by atoms with Gasteiger partial charge in [0.05, 0.1) is 0 Å². The third kappa shape index (κ3) is 7.03. The van der Waals surface area contributed by atoms with Gasteiger partial charge in [0.1, 0.15) is 18.1 Å². The number of nitrogens with zero attached hydrogens (tertiary/aromatic N) is 4. The maximum Gasteiger partial charge on any atom is 0.490 e. The van der Waals surface area contributed by atoms with E-state index in [1.165, 1.54) is 6.07 Å². The maximum atomic E-state index is 12.9. The number of hydrogen-bond donors (Lipinski definition) is 3. The Morgan fingerprint density at radius 1 is 1.15 bits per heavy atom.